The van der Waals surface area contributed by atoms with E-state index in [0.717, 1.165) is 32.1 Å². The highest BCUT2D eigenvalue weighted by Gasteiger charge is 2.26. The fourth-order valence-electron chi connectivity index (χ4n) is 2.97. The molecule has 2 aliphatic rings. The molecule has 0 aromatic heterocycles. The van der Waals surface area contributed by atoms with Crippen molar-refractivity contribution < 1.29 is 17.9 Å². The fraction of sp³-hybridized carbons (Fsp3) is 0.562. The van der Waals surface area contributed by atoms with Crippen LogP contribution in [0.25, 0.3) is 0 Å². The minimum atomic E-state index is -3.43. The van der Waals surface area contributed by atoms with Crippen LogP contribution in [0.15, 0.2) is 29.2 Å². The number of hydrogen-bond acceptors (Lipinski definition) is 4. The molecule has 6 nitrogen and oxygen atoms in total. The number of anilines is 1. The molecule has 7 heteroatoms. The van der Waals surface area contributed by atoms with Gasteiger partial charge in [0.15, 0.2) is 0 Å². The molecule has 3 rings (SSSR count). The van der Waals surface area contributed by atoms with E-state index in [0.29, 0.717) is 25.4 Å². The third-order valence-corrected chi connectivity index (χ3v) is 6.21. The monoisotopic (exact) mass is 338 g/mol. The molecule has 2 saturated heterocycles. The Labute approximate surface area is 136 Å². The highest BCUT2D eigenvalue weighted by atomic mass is 32.2. The van der Waals surface area contributed by atoms with Gasteiger partial charge in [-0.25, -0.2) is 8.42 Å². The minimum absolute atomic E-state index is 0.172. The van der Waals surface area contributed by atoms with Gasteiger partial charge >= 0.3 is 0 Å². The third kappa shape index (κ3) is 3.73. The second kappa shape index (κ2) is 6.98. The van der Waals surface area contributed by atoms with Crippen LogP contribution in [0.5, 0.6) is 0 Å². The number of rotatable bonds is 4. The van der Waals surface area contributed by atoms with Crippen LogP contribution in [0.3, 0.4) is 0 Å². The summed E-state index contributed by atoms with van der Waals surface area (Å²) in [5, 5.41) is 2.77. The number of carbonyl (C=O) groups is 1. The van der Waals surface area contributed by atoms with Gasteiger partial charge in [0.25, 0.3) is 5.91 Å². The lowest BCUT2D eigenvalue weighted by molar-refractivity contribution is -0.124. The van der Waals surface area contributed by atoms with Gasteiger partial charge < -0.3 is 10.1 Å². The average Bonchev–Trinajstić information content (AvgIpc) is 3.11. The molecule has 2 aliphatic heterocycles. The van der Waals surface area contributed by atoms with E-state index in [1.54, 1.807) is 24.3 Å². The molecular formula is C16H22N2O4S. The maximum atomic E-state index is 12.5. The number of carbonyl (C=O) groups excluding carboxylic acids is 1. The summed E-state index contributed by atoms with van der Waals surface area (Å²) in [5.41, 5.74) is 0.586. The van der Waals surface area contributed by atoms with Gasteiger partial charge in [0.05, 0.1) is 4.90 Å². The molecule has 0 spiro atoms. The van der Waals surface area contributed by atoms with Crippen LogP contribution in [0.4, 0.5) is 5.69 Å². The van der Waals surface area contributed by atoms with Gasteiger partial charge in [-0.05, 0) is 49.9 Å². The molecule has 1 aromatic carbocycles. The van der Waals surface area contributed by atoms with Crippen LogP contribution in [-0.2, 0) is 19.6 Å². The molecule has 1 amide bonds. The van der Waals surface area contributed by atoms with Crippen molar-refractivity contribution >= 4 is 21.6 Å². The maximum absolute atomic E-state index is 12.5. The van der Waals surface area contributed by atoms with Gasteiger partial charge in [-0.15, -0.1) is 0 Å². The zero-order valence-corrected chi connectivity index (χ0v) is 13.8. The third-order valence-electron chi connectivity index (χ3n) is 4.30. The summed E-state index contributed by atoms with van der Waals surface area (Å²) < 4.78 is 32.0. The first-order chi connectivity index (χ1) is 11.1. The number of nitrogens with one attached hydrogen (secondary N) is 1. The van der Waals surface area contributed by atoms with Crippen LogP contribution in [-0.4, -0.2) is 44.4 Å². The van der Waals surface area contributed by atoms with Crippen LogP contribution in [0.2, 0.25) is 0 Å². The van der Waals surface area contributed by atoms with E-state index < -0.39 is 16.1 Å². The highest BCUT2D eigenvalue weighted by molar-refractivity contribution is 7.89. The standard InChI is InChI=1S/C16H22N2O4S/c19-16(15-5-4-12-22-15)17-13-6-8-14(9-7-13)23(20,21)18-10-2-1-3-11-18/h6-9,15H,1-5,10-12H2,(H,17,19)/t15-/m0/s1. The Kier molecular flexibility index (Phi) is 4.99. The van der Waals surface area contributed by atoms with Gasteiger partial charge in [-0.1, -0.05) is 6.42 Å². The molecule has 126 valence electrons. The van der Waals surface area contributed by atoms with E-state index in [2.05, 4.69) is 5.32 Å². The molecule has 0 radical (unpaired) electrons. The first kappa shape index (κ1) is 16.4. The Morgan fingerprint density at radius 3 is 2.39 bits per heavy atom. The number of amides is 1. The molecule has 1 N–H and O–H groups in total. The Balaban J connectivity index is 1.67. The predicted molar refractivity (Wildman–Crippen MR) is 86.7 cm³/mol. The van der Waals surface area contributed by atoms with Crippen molar-refractivity contribution in [2.75, 3.05) is 25.0 Å². The second-order valence-electron chi connectivity index (χ2n) is 5.98. The number of ether oxygens (including phenoxy) is 1. The lowest BCUT2D eigenvalue weighted by atomic mass is 10.2. The molecule has 2 heterocycles. The van der Waals surface area contributed by atoms with Gasteiger partial charge in [0.2, 0.25) is 10.0 Å². The summed E-state index contributed by atoms with van der Waals surface area (Å²) in [7, 11) is -3.43. The number of sulfonamides is 1. The summed E-state index contributed by atoms with van der Waals surface area (Å²) >= 11 is 0. The highest BCUT2D eigenvalue weighted by Crippen LogP contribution is 2.22. The smallest absolute Gasteiger partial charge is 0.253 e. The van der Waals surface area contributed by atoms with E-state index in [1.807, 2.05) is 0 Å². The Morgan fingerprint density at radius 2 is 1.78 bits per heavy atom. The van der Waals surface area contributed by atoms with Crippen molar-refractivity contribution in [2.24, 2.45) is 0 Å². The quantitative estimate of drug-likeness (QED) is 0.911. The topological polar surface area (TPSA) is 75.7 Å². The number of nitrogens with zero attached hydrogens (tertiary/aromatic N) is 1. The SMILES string of the molecule is O=C(Nc1ccc(S(=O)(=O)N2CCCCC2)cc1)[C@@H]1CCCO1. The summed E-state index contributed by atoms with van der Waals surface area (Å²) in [4.78, 5) is 12.3. The lowest BCUT2D eigenvalue weighted by Gasteiger charge is -2.25. The number of piperidine rings is 1. The Hall–Kier alpha value is -1.44. The van der Waals surface area contributed by atoms with E-state index in [1.165, 1.54) is 4.31 Å². The first-order valence-corrected chi connectivity index (χ1v) is 9.54. The van der Waals surface area contributed by atoms with Crippen LogP contribution < -0.4 is 5.32 Å². The van der Waals surface area contributed by atoms with Crippen molar-refractivity contribution in [2.45, 2.75) is 43.1 Å². The minimum Gasteiger partial charge on any atom is -0.368 e. The van der Waals surface area contributed by atoms with Gasteiger partial charge in [0.1, 0.15) is 6.10 Å². The Morgan fingerprint density at radius 1 is 1.09 bits per heavy atom. The Bertz CT molecular complexity index is 645. The van der Waals surface area contributed by atoms with Gasteiger partial charge in [-0.2, -0.15) is 4.31 Å². The molecule has 0 bridgehead atoms. The van der Waals surface area contributed by atoms with Crippen molar-refractivity contribution in [3.05, 3.63) is 24.3 Å². The molecule has 1 atom stereocenters. The van der Waals surface area contributed by atoms with Crippen molar-refractivity contribution in [3.8, 4) is 0 Å². The lowest BCUT2D eigenvalue weighted by Crippen LogP contribution is -2.35. The molecule has 23 heavy (non-hydrogen) atoms. The maximum Gasteiger partial charge on any atom is 0.253 e. The van der Waals surface area contributed by atoms with E-state index in [9.17, 15) is 13.2 Å². The zero-order valence-electron chi connectivity index (χ0n) is 13.0. The number of hydrogen-bond donors (Lipinski definition) is 1. The van der Waals surface area contributed by atoms with E-state index in [-0.39, 0.29) is 10.8 Å². The van der Waals surface area contributed by atoms with Crippen LogP contribution >= 0.6 is 0 Å². The van der Waals surface area contributed by atoms with Crippen molar-refractivity contribution in [1.29, 1.82) is 0 Å². The normalized spacial score (nSPS) is 22.9. The van der Waals surface area contributed by atoms with Crippen LogP contribution in [0.1, 0.15) is 32.1 Å². The van der Waals surface area contributed by atoms with Gasteiger partial charge in [0, 0.05) is 25.4 Å². The molecule has 0 saturated carbocycles. The molecule has 1 aromatic rings. The summed E-state index contributed by atoms with van der Waals surface area (Å²) in [6.07, 6.45) is 4.13. The van der Waals surface area contributed by atoms with Gasteiger partial charge in [-0.3, -0.25) is 4.79 Å². The predicted octanol–water partition coefficient (Wildman–Crippen LogP) is 1.98. The number of benzene rings is 1. The molecular weight excluding hydrogens is 316 g/mol. The molecule has 2 fully saturated rings. The molecule has 0 aliphatic carbocycles. The van der Waals surface area contributed by atoms with Crippen molar-refractivity contribution in [3.63, 3.8) is 0 Å². The largest absolute Gasteiger partial charge is 0.368 e. The average molecular weight is 338 g/mol. The summed E-state index contributed by atoms with van der Waals surface area (Å²) in [5.74, 6) is -0.172. The van der Waals surface area contributed by atoms with E-state index >= 15 is 0 Å². The zero-order chi connectivity index (χ0) is 16.3. The van der Waals surface area contributed by atoms with E-state index in [4.69, 9.17) is 4.74 Å². The summed E-state index contributed by atoms with van der Waals surface area (Å²) in [6.45, 7) is 1.78. The summed E-state index contributed by atoms with van der Waals surface area (Å²) in [6, 6.07) is 6.36. The molecule has 0 unspecified atom stereocenters. The van der Waals surface area contributed by atoms with Crippen molar-refractivity contribution in [1.82, 2.24) is 4.31 Å². The van der Waals surface area contributed by atoms with Crippen LogP contribution in [0, 0.1) is 0 Å². The first-order valence-electron chi connectivity index (χ1n) is 8.10. The second-order valence-corrected chi connectivity index (χ2v) is 7.92. The fourth-order valence-corrected chi connectivity index (χ4v) is 4.49.